The molecule has 0 aliphatic rings. The Morgan fingerprint density at radius 3 is 2.24 bits per heavy atom. The van der Waals surface area contributed by atoms with E-state index in [1.165, 1.54) is 17.3 Å². The summed E-state index contributed by atoms with van der Waals surface area (Å²) in [4.78, 5) is 0. The highest BCUT2D eigenvalue weighted by Gasteiger charge is 2.01. The summed E-state index contributed by atoms with van der Waals surface area (Å²) in [5, 5.41) is 20.4. The Bertz CT molecular complexity index is 738. The van der Waals surface area contributed by atoms with Crippen LogP contribution >= 0.6 is 0 Å². The fraction of sp³-hybridized carbons (Fsp3) is 0.111. The average molecular weight is 273 g/mol. The van der Waals surface area contributed by atoms with Gasteiger partial charge < -0.3 is 5.32 Å². The van der Waals surface area contributed by atoms with Crippen molar-refractivity contribution in [2.24, 2.45) is 0 Å². The fourth-order valence-corrected chi connectivity index (χ4v) is 2.17. The Kier molecular flexibility index (Phi) is 4.39. The van der Waals surface area contributed by atoms with Gasteiger partial charge in [0.25, 0.3) is 0 Å². The summed E-state index contributed by atoms with van der Waals surface area (Å²) in [7, 11) is 0. The van der Waals surface area contributed by atoms with Crippen LogP contribution in [0.25, 0.3) is 11.1 Å². The Labute approximate surface area is 124 Å². The van der Waals surface area contributed by atoms with E-state index in [0.29, 0.717) is 0 Å². The molecule has 2 aromatic carbocycles. The van der Waals surface area contributed by atoms with E-state index >= 15 is 0 Å². The normalized spacial score (nSPS) is 9.33. The van der Waals surface area contributed by atoms with Crippen LogP contribution in [0.2, 0.25) is 0 Å². The zero-order valence-corrected chi connectivity index (χ0v) is 12.0. The van der Waals surface area contributed by atoms with Crippen molar-refractivity contribution in [3.63, 3.8) is 0 Å². The van der Waals surface area contributed by atoms with Gasteiger partial charge >= 0.3 is 0 Å². The van der Waals surface area contributed by atoms with Crippen molar-refractivity contribution < 1.29 is 0 Å². The van der Waals surface area contributed by atoms with Gasteiger partial charge in [0.15, 0.2) is 0 Å². The van der Waals surface area contributed by atoms with Gasteiger partial charge in [-0.05, 0) is 37.1 Å². The molecule has 0 fully saturated rings. The minimum atomic E-state index is 0.0480. The second-order valence-corrected chi connectivity index (χ2v) is 4.88. The highest BCUT2D eigenvalue weighted by atomic mass is 14.8. The van der Waals surface area contributed by atoms with Gasteiger partial charge in [-0.25, -0.2) is 0 Å². The molecule has 3 heteroatoms. The Balaban J connectivity index is 2.32. The van der Waals surface area contributed by atoms with Gasteiger partial charge in [0.1, 0.15) is 17.7 Å². The molecule has 102 valence electrons. The number of rotatable bonds is 3. The third-order valence-corrected chi connectivity index (χ3v) is 3.04. The first-order chi connectivity index (χ1) is 10.1. The molecule has 3 nitrogen and oxygen atoms in total. The van der Waals surface area contributed by atoms with Gasteiger partial charge in [-0.2, -0.15) is 10.5 Å². The standard InChI is InChI=1S/C18H15N3/c1-13-6-14(2)8-17(7-13)16-4-3-5-18(9-16)21-12-15(10-19)11-20/h3-9,12,21H,1-2H3. The van der Waals surface area contributed by atoms with Crippen LogP contribution in [0.5, 0.6) is 0 Å². The predicted molar refractivity (Wildman–Crippen MR) is 84.3 cm³/mol. The van der Waals surface area contributed by atoms with E-state index in [9.17, 15) is 0 Å². The van der Waals surface area contributed by atoms with Crippen molar-refractivity contribution in [2.75, 3.05) is 5.32 Å². The molecule has 2 rings (SSSR count). The number of allylic oxidation sites excluding steroid dienone is 1. The van der Waals surface area contributed by atoms with Crippen LogP contribution in [0, 0.1) is 36.5 Å². The van der Waals surface area contributed by atoms with E-state index < -0.39 is 0 Å². The first-order valence-electron chi connectivity index (χ1n) is 6.58. The monoisotopic (exact) mass is 273 g/mol. The number of aryl methyl sites for hydroxylation is 2. The number of anilines is 1. The van der Waals surface area contributed by atoms with Crippen LogP contribution in [0.3, 0.4) is 0 Å². The Morgan fingerprint density at radius 1 is 0.952 bits per heavy atom. The van der Waals surface area contributed by atoms with Gasteiger partial charge in [0, 0.05) is 11.9 Å². The van der Waals surface area contributed by atoms with Gasteiger partial charge in [-0.3, -0.25) is 0 Å². The van der Waals surface area contributed by atoms with Gasteiger partial charge in [-0.1, -0.05) is 41.5 Å². The van der Waals surface area contributed by atoms with E-state index in [1.54, 1.807) is 0 Å². The van der Waals surface area contributed by atoms with E-state index in [2.05, 4.69) is 37.4 Å². The van der Waals surface area contributed by atoms with Crippen molar-refractivity contribution in [3.8, 4) is 23.3 Å². The molecule has 0 aliphatic carbocycles. The maximum Gasteiger partial charge on any atom is 0.145 e. The zero-order chi connectivity index (χ0) is 15.2. The molecule has 0 atom stereocenters. The van der Waals surface area contributed by atoms with Crippen molar-refractivity contribution in [1.29, 1.82) is 10.5 Å². The van der Waals surface area contributed by atoms with Crippen LogP contribution in [-0.4, -0.2) is 0 Å². The summed E-state index contributed by atoms with van der Waals surface area (Å²) in [5.41, 5.74) is 5.58. The van der Waals surface area contributed by atoms with E-state index in [1.807, 2.05) is 36.4 Å². The molecule has 0 unspecified atom stereocenters. The van der Waals surface area contributed by atoms with Crippen LogP contribution in [0.1, 0.15) is 11.1 Å². The third-order valence-electron chi connectivity index (χ3n) is 3.04. The van der Waals surface area contributed by atoms with Crippen LogP contribution < -0.4 is 5.32 Å². The number of hydrogen-bond donors (Lipinski definition) is 1. The molecular weight excluding hydrogens is 258 g/mol. The molecule has 0 aromatic heterocycles. The molecule has 0 saturated heterocycles. The van der Waals surface area contributed by atoms with Gasteiger partial charge in [0.2, 0.25) is 0 Å². The highest BCUT2D eigenvalue weighted by molar-refractivity contribution is 5.69. The first kappa shape index (κ1) is 14.4. The average Bonchev–Trinajstić information content (AvgIpc) is 2.47. The SMILES string of the molecule is Cc1cc(C)cc(-c2cccc(NC=C(C#N)C#N)c2)c1. The Morgan fingerprint density at radius 2 is 1.62 bits per heavy atom. The summed E-state index contributed by atoms with van der Waals surface area (Å²) in [6.07, 6.45) is 1.42. The van der Waals surface area contributed by atoms with Crippen LogP contribution in [0.15, 0.2) is 54.2 Å². The largest absolute Gasteiger partial charge is 0.360 e. The quantitative estimate of drug-likeness (QED) is 0.847. The lowest BCUT2D eigenvalue weighted by Gasteiger charge is -2.08. The maximum atomic E-state index is 8.72. The highest BCUT2D eigenvalue weighted by Crippen LogP contribution is 2.24. The number of nitrogens with zero attached hydrogens (tertiary/aromatic N) is 2. The lowest BCUT2D eigenvalue weighted by molar-refractivity contribution is 1.38. The fourth-order valence-electron chi connectivity index (χ4n) is 2.17. The molecular formula is C18H15N3. The van der Waals surface area contributed by atoms with Crippen molar-refractivity contribution in [3.05, 3.63) is 65.4 Å². The van der Waals surface area contributed by atoms with E-state index in [0.717, 1.165) is 16.8 Å². The zero-order valence-electron chi connectivity index (χ0n) is 12.0. The smallest absolute Gasteiger partial charge is 0.145 e. The van der Waals surface area contributed by atoms with Crippen LogP contribution in [0.4, 0.5) is 5.69 Å². The van der Waals surface area contributed by atoms with Crippen molar-refractivity contribution in [1.82, 2.24) is 0 Å². The molecule has 0 radical (unpaired) electrons. The van der Waals surface area contributed by atoms with Crippen LogP contribution in [-0.2, 0) is 0 Å². The second-order valence-electron chi connectivity index (χ2n) is 4.88. The van der Waals surface area contributed by atoms with Crippen molar-refractivity contribution >= 4 is 5.69 Å². The number of nitriles is 2. The number of benzene rings is 2. The molecule has 2 aromatic rings. The third kappa shape index (κ3) is 3.72. The first-order valence-corrected chi connectivity index (χ1v) is 6.58. The summed E-state index contributed by atoms with van der Waals surface area (Å²) in [6.45, 7) is 4.15. The molecule has 0 saturated carbocycles. The maximum absolute atomic E-state index is 8.72. The van der Waals surface area contributed by atoms with Crippen molar-refractivity contribution in [2.45, 2.75) is 13.8 Å². The summed E-state index contributed by atoms with van der Waals surface area (Å²) >= 11 is 0. The van der Waals surface area contributed by atoms with Gasteiger partial charge in [-0.15, -0.1) is 0 Å². The lowest BCUT2D eigenvalue weighted by Crippen LogP contribution is -1.90. The molecule has 0 amide bonds. The summed E-state index contributed by atoms with van der Waals surface area (Å²) in [5.74, 6) is 0. The molecule has 0 spiro atoms. The summed E-state index contributed by atoms with van der Waals surface area (Å²) < 4.78 is 0. The number of nitrogens with one attached hydrogen (secondary N) is 1. The Hall–Kier alpha value is -3.04. The summed E-state index contributed by atoms with van der Waals surface area (Å²) in [6, 6.07) is 17.9. The topological polar surface area (TPSA) is 59.6 Å². The molecule has 21 heavy (non-hydrogen) atoms. The lowest BCUT2D eigenvalue weighted by atomic mass is 10.0. The molecule has 1 N–H and O–H groups in total. The minimum absolute atomic E-state index is 0.0480. The predicted octanol–water partition coefficient (Wildman–Crippen LogP) is 4.31. The molecule has 0 heterocycles. The van der Waals surface area contributed by atoms with E-state index in [4.69, 9.17) is 10.5 Å². The molecule has 0 bridgehead atoms. The molecule has 0 aliphatic heterocycles. The van der Waals surface area contributed by atoms with Gasteiger partial charge in [0.05, 0.1) is 0 Å². The minimum Gasteiger partial charge on any atom is -0.360 e. The number of hydrogen-bond acceptors (Lipinski definition) is 3. The second kappa shape index (κ2) is 6.41. The van der Waals surface area contributed by atoms with E-state index in [-0.39, 0.29) is 5.57 Å².